The van der Waals surface area contributed by atoms with E-state index in [0.29, 0.717) is 16.5 Å². The first-order chi connectivity index (χ1) is 13.8. The Hall–Kier alpha value is -0.260. The van der Waals surface area contributed by atoms with Crippen molar-refractivity contribution >= 4 is 31.0 Å². The van der Waals surface area contributed by atoms with E-state index in [9.17, 15) is 25.9 Å². The fraction of sp³-hybridized carbons (Fsp3) is 0.273. The standard InChI is InChI=1S/C13H14O3S.C9H12O3S.2Na/c1-9(2)11-8-7-10-5-3-4-6-12(10)13(11)17(14,15)16;1-7(2)8-5-3-4-6-9(8)13(10,11)12;;/h3-9H,1-2H3,(H,14,15,16);3-7H,1-2H3,(H,10,11,12);;/q;;2*+1/p-2. The first kappa shape index (κ1) is 31.7. The fourth-order valence-corrected chi connectivity index (χ4v) is 5.06. The minimum atomic E-state index is -4.46. The summed E-state index contributed by atoms with van der Waals surface area (Å²) in [5.74, 6) is 0.0401. The summed E-state index contributed by atoms with van der Waals surface area (Å²) in [6, 6.07) is 16.9. The third-order valence-electron chi connectivity index (χ3n) is 4.59. The van der Waals surface area contributed by atoms with E-state index in [0.717, 1.165) is 5.39 Å². The van der Waals surface area contributed by atoms with Crippen LogP contribution in [0.2, 0.25) is 0 Å². The van der Waals surface area contributed by atoms with Crippen molar-refractivity contribution in [3.8, 4) is 0 Å². The summed E-state index contributed by atoms with van der Waals surface area (Å²) in [6.07, 6.45) is 0. The van der Waals surface area contributed by atoms with Crippen LogP contribution in [0, 0.1) is 0 Å². The second-order valence-electron chi connectivity index (χ2n) is 7.46. The molecule has 0 fully saturated rings. The molecule has 0 atom stereocenters. The van der Waals surface area contributed by atoms with Crippen LogP contribution in [0.5, 0.6) is 0 Å². The first-order valence-corrected chi connectivity index (χ1v) is 12.2. The minimum Gasteiger partial charge on any atom is -0.744 e. The number of hydrogen-bond acceptors (Lipinski definition) is 6. The zero-order chi connectivity index (χ0) is 22.7. The Balaban J connectivity index is 0.000000584. The molecule has 0 N–H and O–H groups in total. The van der Waals surface area contributed by atoms with Crippen LogP contribution in [0.15, 0.2) is 70.5 Å². The molecule has 10 heteroatoms. The van der Waals surface area contributed by atoms with E-state index in [1.807, 2.05) is 39.8 Å². The van der Waals surface area contributed by atoms with Gasteiger partial charge in [-0.1, -0.05) is 82.3 Å². The van der Waals surface area contributed by atoms with Gasteiger partial charge in [0.05, 0.1) is 9.79 Å². The molecule has 0 aromatic heterocycles. The molecule has 0 heterocycles. The quantitative estimate of drug-likeness (QED) is 0.325. The van der Waals surface area contributed by atoms with Gasteiger partial charge in [-0.3, -0.25) is 0 Å². The van der Waals surface area contributed by atoms with Gasteiger partial charge in [0.15, 0.2) is 0 Å². The number of rotatable bonds is 4. The maximum Gasteiger partial charge on any atom is 1.00 e. The van der Waals surface area contributed by atoms with E-state index < -0.39 is 20.2 Å². The second-order valence-corrected chi connectivity index (χ2v) is 10.1. The minimum absolute atomic E-state index is 0. The van der Waals surface area contributed by atoms with Gasteiger partial charge in [-0.15, -0.1) is 0 Å². The summed E-state index contributed by atoms with van der Waals surface area (Å²) in [5, 5.41) is 1.28. The molecule has 162 valence electrons. The van der Waals surface area contributed by atoms with Crippen molar-refractivity contribution in [2.75, 3.05) is 0 Å². The zero-order valence-corrected chi connectivity index (χ0v) is 24.8. The Morgan fingerprint density at radius 2 is 1.12 bits per heavy atom. The Labute approximate surface area is 234 Å². The van der Waals surface area contributed by atoms with Crippen LogP contribution in [0.4, 0.5) is 0 Å². The molecule has 0 aliphatic carbocycles. The van der Waals surface area contributed by atoms with Gasteiger partial charge in [0, 0.05) is 0 Å². The summed E-state index contributed by atoms with van der Waals surface area (Å²) in [4.78, 5) is -0.185. The van der Waals surface area contributed by atoms with E-state index in [-0.39, 0.29) is 80.7 Å². The molecule has 0 aliphatic rings. The fourth-order valence-electron chi connectivity index (χ4n) is 3.18. The van der Waals surface area contributed by atoms with Gasteiger partial charge in [-0.2, -0.15) is 0 Å². The van der Waals surface area contributed by atoms with Crippen molar-refractivity contribution < 1.29 is 85.1 Å². The van der Waals surface area contributed by atoms with Crippen molar-refractivity contribution in [1.29, 1.82) is 0 Å². The Morgan fingerprint density at radius 3 is 1.59 bits per heavy atom. The summed E-state index contributed by atoms with van der Waals surface area (Å²) in [6.45, 7) is 7.45. The van der Waals surface area contributed by atoms with Crippen LogP contribution in [-0.4, -0.2) is 25.9 Å². The SMILES string of the molecule is CC(C)c1ccc2ccccc2c1S(=O)(=O)[O-].CC(C)c1ccccc1S(=O)(=O)[O-].[Na+].[Na+]. The maximum atomic E-state index is 11.4. The largest absolute Gasteiger partial charge is 1.00 e. The van der Waals surface area contributed by atoms with E-state index in [1.54, 1.807) is 42.5 Å². The molecule has 0 saturated heterocycles. The maximum absolute atomic E-state index is 11.4. The Bertz CT molecular complexity index is 1250. The predicted molar refractivity (Wildman–Crippen MR) is 114 cm³/mol. The van der Waals surface area contributed by atoms with Crippen molar-refractivity contribution in [3.05, 3.63) is 71.8 Å². The molecule has 3 aromatic rings. The van der Waals surface area contributed by atoms with E-state index in [1.165, 1.54) is 6.07 Å². The Morgan fingerprint density at radius 1 is 0.625 bits per heavy atom. The molecule has 0 spiro atoms. The van der Waals surface area contributed by atoms with Crippen molar-refractivity contribution in [1.82, 2.24) is 0 Å². The normalized spacial score (nSPS) is 11.4. The molecule has 6 nitrogen and oxygen atoms in total. The van der Waals surface area contributed by atoms with Crippen LogP contribution < -0.4 is 59.1 Å². The van der Waals surface area contributed by atoms with Gasteiger partial charge in [0.25, 0.3) is 0 Å². The molecule has 0 radical (unpaired) electrons. The summed E-state index contributed by atoms with van der Waals surface area (Å²) >= 11 is 0. The number of benzene rings is 3. The summed E-state index contributed by atoms with van der Waals surface area (Å²) in [5.41, 5.74) is 1.16. The van der Waals surface area contributed by atoms with Crippen molar-refractivity contribution in [2.24, 2.45) is 0 Å². The molecule has 3 rings (SSSR count). The molecule has 32 heavy (non-hydrogen) atoms. The van der Waals surface area contributed by atoms with Gasteiger partial charge < -0.3 is 9.11 Å². The molecule has 0 aliphatic heterocycles. The van der Waals surface area contributed by atoms with Crippen LogP contribution in [0.25, 0.3) is 10.8 Å². The smallest absolute Gasteiger partial charge is 0.744 e. The van der Waals surface area contributed by atoms with Crippen molar-refractivity contribution in [3.63, 3.8) is 0 Å². The van der Waals surface area contributed by atoms with Crippen LogP contribution in [0.3, 0.4) is 0 Å². The summed E-state index contributed by atoms with van der Waals surface area (Å²) < 4.78 is 66.7. The van der Waals surface area contributed by atoms with Gasteiger partial charge >= 0.3 is 59.1 Å². The zero-order valence-electron chi connectivity index (χ0n) is 19.2. The average molecular weight is 495 g/mol. The molecule has 0 unspecified atom stereocenters. The van der Waals surface area contributed by atoms with Crippen LogP contribution in [-0.2, 0) is 20.2 Å². The molecule has 0 amide bonds. The predicted octanol–water partition coefficient (Wildman–Crippen LogP) is -1.41. The van der Waals surface area contributed by atoms with Crippen LogP contribution >= 0.6 is 0 Å². The van der Waals surface area contributed by atoms with Gasteiger partial charge in [-0.25, -0.2) is 16.8 Å². The van der Waals surface area contributed by atoms with Crippen molar-refractivity contribution in [2.45, 2.75) is 49.3 Å². The third-order valence-corrected chi connectivity index (χ3v) is 6.46. The molecular formula is C22H24Na2O6S2. The van der Waals surface area contributed by atoms with Gasteiger partial charge in [0.2, 0.25) is 0 Å². The second kappa shape index (κ2) is 13.0. The van der Waals surface area contributed by atoms with E-state index in [2.05, 4.69) is 0 Å². The molecule has 0 saturated carbocycles. The molecule has 0 bridgehead atoms. The van der Waals surface area contributed by atoms with Crippen LogP contribution in [0.1, 0.15) is 50.7 Å². The van der Waals surface area contributed by atoms with Gasteiger partial charge in [-0.05, 0) is 39.8 Å². The first-order valence-electron chi connectivity index (χ1n) is 9.36. The molecular weight excluding hydrogens is 470 g/mol. The van der Waals surface area contributed by atoms with E-state index >= 15 is 0 Å². The monoisotopic (exact) mass is 494 g/mol. The Kier molecular flexibility index (Phi) is 12.9. The van der Waals surface area contributed by atoms with Gasteiger partial charge in [0.1, 0.15) is 20.2 Å². The van der Waals surface area contributed by atoms with E-state index in [4.69, 9.17) is 0 Å². The average Bonchev–Trinajstić information content (AvgIpc) is 2.66. The number of hydrogen-bond donors (Lipinski definition) is 0. The molecule has 3 aromatic carbocycles. The topological polar surface area (TPSA) is 114 Å². The number of fused-ring (bicyclic) bond motifs is 1. The summed E-state index contributed by atoms with van der Waals surface area (Å²) in [7, 11) is -8.78. The third kappa shape index (κ3) is 8.20.